The van der Waals surface area contributed by atoms with Crippen molar-refractivity contribution in [3.63, 3.8) is 0 Å². The van der Waals surface area contributed by atoms with Gasteiger partial charge in [0.15, 0.2) is 6.10 Å². The predicted octanol–water partition coefficient (Wildman–Crippen LogP) is 15.6. The number of hydrogen-bond donors (Lipinski definition) is 5. The number of hydrogen-bond acceptors (Lipinski definition) is 11. The number of urea groups is 1. The van der Waals surface area contributed by atoms with Gasteiger partial charge in [0, 0.05) is 62.6 Å². The van der Waals surface area contributed by atoms with Crippen LogP contribution in [0.2, 0.25) is 0 Å². The summed E-state index contributed by atoms with van der Waals surface area (Å²) < 4.78 is 380. The Bertz CT molecular complexity index is 2510. The van der Waals surface area contributed by atoms with E-state index in [2.05, 4.69) is 21.3 Å². The Morgan fingerprint density at radius 1 is 0.469 bits per heavy atom. The SMILES string of the molecule is O=C(CCCC[C@@H]1SC[C@@H]2NC(=O)N[C@@H]21)NCCCCCC(=O)NCCOP(=O)(O)OC[C@@H](COC(=O)CCCCCCCCCC(F)(F)C(F)(F)C(F)(F)C(F)(F)C(F)(F)C(F)(F)F)OC(=O)CCCCCCCCCC(F)(F)C(F)(F)C(F)(F)C(F)(F)C(F)(F)C(F)(F)F. The van der Waals surface area contributed by atoms with Crippen molar-refractivity contribution in [3.05, 3.63) is 0 Å². The summed E-state index contributed by atoms with van der Waals surface area (Å²) in [6.45, 7) is -2.48. The first-order chi connectivity index (χ1) is 43.8. The third-order valence-electron chi connectivity index (χ3n) is 15.1. The van der Waals surface area contributed by atoms with E-state index in [-0.39, 0.29) is 106 Å². The quantitative estimate of drug-likeness (QED) is 0.0127. The summed E-state index contributed by atoms with van der Waals surface area (Å²) in [7, 11) is -5.05. The Kier molecular flexibility index (Phi) is 33.3. The fraction of sp³-hybridized carbons (Fsp3) is 0.906. The number of carbonyl (C=O) groups excluding carboxylic acids is 5. The third kappa shape index (κ3) is 24.0. The van der Waals surface area contributed by atoms with Crippen LogP contribution in [0.15, 0.2) is 0 Å². The van der Waals surface area contributed by atoms with Crippen molar-refractivity contribution in [2.24, 2.45) is 0 Å². The number of phosphoric acid groups is 1. The highest BCUT2D eigenvalue weighted by Gasteiger charge is 2.92. The number of fused-ring (bicyclic) bond motifs is 1. The minimum Gasteiger partial charge on any atom is -0.462 e. The molecule has 0 aromatic rings. The monoisotopic (exact) mass is 1500 g/mol. The summed E-state index contributed by atoms with van der Waals surface area (Å²) in [5.41, 5.74) is 0. The van der Waals surface area contributed by atoms with Crippen molar-refractivity contribution >= 4 is 49.4 Å². The molecule has 2 heterocycles. The highest BCUT2D eigenvalue weighted by atomic mass is 32.2. The first-order valence-electron chi connectivity index (χ1n) is 29.9. The molecule has 96 heavy (non-hydrogen) atoms. The van der Waals surface area contributed by atoms with Crippen LogP contribution < -0.4 is 21.3 Å². The summed E-state index contributed by atoms with van der Waals surface area (Å²) in [5, 5.41) is 11.3. The van der Waals surface area contributed by atoms with Crippen molar-refractivity contribution < 1.29 is 166 Å². The van der Waals surface area contributed by atoms with E-state index < -0.39 is 175 Å². The van der Waals surface area contributed by atoms with E-state index in [9.17, 15) is 148 Å². The molecule has 0 radical (unpaired) electrons. The first kappa shape index (κ1) is 87.9. The summed E-state index contributed by atoms with van der Waals surface area (Å²) in [4.78, 5) is 71.7. The number of alkyl halides is 26. The molecular weight excluding hydrogens is 1430 g/mol. The van der Waals surface area contributed by atoms with E-state index in [1.54, 1.807) is 11.8 Å². The molecular formula is C53H73F26N4O11PS. The second kappa shape index (κ2) is 36.4. The Hall–Kier alpha value is -4.21. The van der Waals surface area contributed by atoms with Crippen LogP contribution in [0.4, 0.5) is 119 Å². The van der Waals surface area contributed by atoms with Crippen LogP contribution >= 0.6 is 19.6 Å². The molecule has 2 aliphatic heterocycles. The minimum atomic E-state index is -8.03. The van der Waals surface area contributed by atoms with Gasteiger partial charge in [-0.15, -0.1) is 0 Å². The lowest BCUT2D eigenvalue weighted by Gasteiger charge is -2.39. The molecule has 43 heteroatoms. The molecule has 0 bridgehead atoms. The maximum atomic E-state index is 14.1. The topological polar surface area (TPSA) is 208 Å². The molecule has 0 aromatic carbocycles. The summed E-state index contributed by atoms with van der Waals surface area (Å²) >= 11 is 1.77. The fourth-order valence-corrected chi connectivity index (χ4v) is 11.7. The van der Waals surface area contributed by atoms with E-state index in [0.29, 0.717) is 38.6 Å². The van der Waals surface area contributed by atoms with Gasteiger partial charge in [0.05, 0.1) is 25.3 Å². The number of carbonyl (C=O) groups is 5. The molecule has 5 atom stereocenters. The molecule has 0 spiro atoms. The molecule has 564 valence electrons. The van der Waals surface area contributed by atoms with Gasteiger partial charge in [0.25, 0.3) is 0 Å². The maximum absolute atomic E-state index is 14.1. The van der Waals surface area contributed by atoms with Crippen LogP contribution in [0, 0.1) is 0 Å². The van der Waals surface area contributed by atoms with E-state index in [1.807, 2.05) is 0 Å². The lowest BCUT2D eigenvalue weighted by molar-refractivity contribution is -0.440. The average Bonchev–Trinajstić information content (AvgIpc) is 0.722. The largest absolute Gasteiger partial charge is 0.472 e. The fourth-order valence-electron chi connectivity index (χ4n) is 9.37. The zero-order valence-corrected chi connectivity index (χ0v) is 52.4. The Balaban J connectivity index is 1.84. The third-order valence-corrected chi connectivity index (χ3v) is 17.5. The molecule has 2 rings (SSSR count). The highest BCUT2D eigenvalue weighted by molar-refractivity contribution is 8.00. The molecule has 0 aromatic heterocycles. The van der Waals surface area contributed by atoms with Crippen molar-refractivity contribution in [1.29, 1.82) is 0 Å². The molecule has 0 saturated carbocycles. The average molecular weight is 1500 g/mol. The summed E-state index contributed by atoms with van der Waals surface area (Å²) in [5.74, 6) is -76.7. The number of ether oxygens (including phenoxy) is 2. The molecule has 4 amide bonds. The van der Waals surface area contributed by atoms with Crippen LogP contribution in [0.5, 0.6) is 0 Å². The van der Waals surface area contributed by atoms with Crippen LogP contribution in [-0.4, -0.2) is 168 Å². The van der Waals surface area contributed by atoms with Gasteiger partial charge in [0.2, 0.25) is 11.8 Å². The lowest BCUT2D eigenvalue weighted by atomic mass is 9.91. The molecule has 2 saturated heterocycles. The zero-order chi connectivity index (χ0) is 73.7. The standard InChI is InChI=1S/C53H73F26N4O11PS/c54-42(55,44(58,59)46(62,63)48(66,67)50(70,71)52(74,75)76)25-17-9-5-1-3-7-13-23-38(86)91-30-33(94-39(87)24-14-8-4-2-6-10-18-26-43(56,57)45(60,61)47(64,65)49(68,69)51(72,73)53(77,78)79)31-93-95(89,90)92-29-28-81-37(85)21-12-11-19-27-80-36(84)22-16-15-20-35-40-34(32-96-35)82-41(88)83-40/h33-35,40H,1-32H2,(H,80,84)(H,81,85)(H,89,90)(H2,82,83,88)/t33-,34+,35+,40+/m1/s1. The summed E-state index contributed by atoms with van der Waals surface area (Å²) in [6, 6.07) is -0.0198. The number of thioether (sulfide) groups is 1. The number of phosphoric ester groups is 1. The lowest BCUT2D eigenvalue weighted by Crippen LogP contribution is -2.70. The van der Waals surface area contributed by atoms with Crippen LogP contribution in [-0.2, 0) is 42.3 Å². The Morgan fingerprint density at radius 3 is 1.31 bits per heavy atom. The number of nitrogens with one attached hydrogen (secondary N) is 4. The number of amides is 4. The Labute approximate surface area is 536 Å². The van der Waals surface area contributed by atoms with Gasteiger partial charge in [0.1, 0.15) is 6.61 Å². The van der Waals surface area contributed by atoms with Crippen molar-refractivity contribution in [2.75, 3.05) is 38.7 Å². The van der Waals surface area contributed by atoms with Gasteiger partial charge >= 0.3 is 97.4 Å². The molecule has 0 aliphatic carbocycles. The van der Waals surface area contributed by atoms with Gasteiger partial charge in [-0.2, -0.15) is 126 Å². The molecule has 15 nitrogen and oxygen atoms in total. The molecule has 2 aliphatic rings. The van der Waals surface area contributed by atoms with E-state index >= 15 is 0 Å². The summed E-state index contributed by atoms with van der Waals surface area (Å²) in [6.07, 6.45) is -21.4. The van der Waals surface area contributed by atoms with Gasteiger partial charge in [-0.3, -0.25) is 28.2 Å². The maximum Gasteiger partial charge on any atom is 0.472 e. The smallest absolute Gasteiger partial charge is 0.462 e. The van der Waals surface area contributed by atoms with Crippen LogP contribution in [0.1, 0.15) is 167 Å². The first-order valence-corrected chi connectivity index (χ1v) is 32.5. The van der Waals surface area contributed by atoms with Gasteiger partial charge in [-0.25, -0.2) is 9.36 Å². The van der Waals surface area contributed by atoms with Gasteiger partial charge in [-0.1, -0.05) is 77.0 Å². The van der Waals surface area contributed by atoms with Crippen LogP contribution in [0.3, 0.4) is 0 Å². The van der Waals surface area contributed by atoms with Crippen molar-refractivity contribution in [3.8, 4) is 0 Å². The normalized spacial score (nSPS) is 18.3. The second-order valence-electron chi connectivity index (χ2n) is 22.7. The molecule has 5 N–H and O–H groups in total. The van der Waals surface area contributed by atoms with Crippen molar-refractivity contribution in [2.45, 2.75) is 262 Å². The van der Waals surface area contributed by atoms with Crippen LogP contribution in [0.25, 0.3) is 0 Å². The van der Waals surface area contributed by atoms with Gasteiger partial charge in [-0.05, 0) is 51.4 Å². The molecule has 2 fully saturated rings. The number of rotatable bonds is 49. The zero-order valence-electron chi connectivity index (χ0n) is 50.6. The number of halogens is 26. The van der Waals surface area contributed by atoms with Crippen molar-refractivity contribution in [1.82, 2.24) is 21.3 Å². The second-order valence-corrected chi connectivity index (χ2v) is 25.4. The van der Waals surface area contributed by atoms with E-state index in [4.69, 9.17) is 18.5 Å². The Morgan fingerprint density at radius 2 is 0.854 bits per heavy atom. The number of unbranched alkanes of at least 4 members (excludes halogenated alkanes) is 15. The highest BCUT2D eigenvalue weighted by Crippen LogP contribution is 2.63. The minimum absolute atomic E-state index is 0.0158. The molecule has 1 unspecified atom stereocenters. The van der Waals surface area contributed by atoms with E-state index in [1.165, 1.54) is 0 Å². The number of esters is 2. The van der Waals surface area contributed by atoms with E-state index in [0.717, 1.165) is 18.6 Å². The predicted molar refractivity (Wildman–Crippen MR) is 286 cm³/mol. The van der Waals surface area contributed by atoms with Gasteiger partial charge < -0.3 is 35.6 Å².